The zero-order chi connectivity index (χ0) is 21.3. The molecule has 7 nitrogen and oxygen atoms in total. The van der Waals surface area contributed by atoms with Crippen molar-refractivity contribution < 1.29 is 19.6 Å². The maximum absolute atomic E-state index is 13.4. The van der Waals surface area contributed by atoms with E-state index in [4.69, 9.17) is 0 Å². The number of nitro groups is 1. The summed E-state index contributed by atoms with van der Waals surface area (Å²) in [6.45, 7) is 0.158. The van der Waals surface area contributed by atoms with Gasteiger partial charge in [-0.15, -0.1) is 0 Å². The summed E-state index contributed by atoms with van der Waals surface area (Å²) >= 11 is 0. The Hall–Kier alpha value is -4.00. The van der Waals surface area contributed by atoms with Gasteiger partial charge in [-0.2, -0.15) is 0 Å². The van der Waals surface area contributed by atoms with Gasteiger partial charge in [-0.05, 0) is 22.8 Å². The molecular weight excluding hydrogens is 384 g/mol. The summed E-state index contributed by atoms with van der Waals surface area (Å²) in [6, 6.07) is 20.5. The van der Waals surface area contributed by atoms with Crippen LogP contribution in [0.2, 0.25) is 0 Å². The first kappa shape index (κ1) is 19.3. The summed E-state index contributed by atoms with van der Waals surface area (Å²) in [6.07, 6.45) is 0. The number of benzene rings is 3. The van der Waals surface area contributed by atoms with Gasteiger partial charge in [0.15, 0.2) is 0 Å². The zero-order valence-electron chi connectivity index (χ0n) is 15.8. The second kappa shape index (κ2) is 7.79. The predicted octanol–water partition coefficient (Wildman–Crippen LogP) is 2.83. The number of rotatable bonds is 5. The molecule has 1 heterocycles. The van der Waals surface area contributed by atoms with Gasteiger partial charge >= 0.3 is 0 Å². The lowest BCUT2D eigenvalue weighted by molar-refractivity contribution is -0.385. The molecule has 1 aliphatic rings. The molecule has 7 heteroatoms. The molecule has 0 spiro atoms. The number of fused-ring (bicyclic) bond motifs is 1. The van der Waals surface area contributed by atoms with Crippen LogP contribution in [0.15, 0.2) is 78.9 Å². The van der Waals surface area contributed by atoms with E-state index in [2.05, 4.69) is 0 Å². The topological polar surface area (TPSA) is 104 Å². The van der Waals surface area contributed by atoms with Crippen LogP contribution in [-0.4, -0.2) is 21.7 Å². The fraction of sp³-hybridized carbons (Fsp3) is 0.130. The molecule has 1 aliphatic heterocycles. The Bertz CT molecular complexity index is 1130. The maximum atomic E-state index is 13.4. The Morgan fingerprint density at radius 1 is 0.967 bits per heavy atom. The quantitative estimate of drug-likeness (QED) is 0.483. The minimum Gasteiger partial charge on any atom is -0.549 e. The van der Waals surface area contributed by atoms with Gasteiger partial charge in [0, 0.05) is 30.2 Å². The van der Waals surface area contributed by atoms with Crippen LogP contribution in [0.1, 0.15) is 39.0 Å². The fourth-order valence-corrected chi connectivity index (χ4v) is 3.99. The average molecular weight is 401 g/mol. The highest BCUT2D eigenvalue weighted by molar-refractivity contribution is 6.00. The van der Waals surface area contributed by atoms with Gasteiger partial charge in [-0.3, -0.25) is 14.9 Å². The predicted molar refractivity (Wildman–Crippen MR) is 106 cm³/mol. The first-order valence-electron chi connectivity index (χ1n) is 9.36. The first-order chi connectivity index (χ1) is 14.5. The molecule has 4 rings (SSSR count). The largest absolute Gasteiger partial charge is 0.549 e. The van der Waals surface area contributed by atoms with Crippen molar-refractivity contribution in [2.75, 3.05) is 0 Å². The van der Waals surface area contributed by atoms with Gasteiger partial charge in [-0.25, -0.2) is 0 Å². The number of amides is 1. The van der Waals surface area contributed by atoms with Crippen molar-refractivity contribution >= 4 is 17.6 Å². The molecule has 0 aliphatic carbocycles. The van der Waals surface area contributed by atoms with E-state index in [9.17, 15) is 24.8 Å². The molecule has 0 unspecified atom stereocenters. The number of hydrogen-bond acceptors (Lipinski definition) is 5. The monoisotopic (exact) mass is 401 g/mol. The third kappa shape index (κ3) is 3.41. The van der Waals surface area contributed by atoms with Crippen LogP contribution in [-0.2, 0) is 11.3 Å². The van der Waals surface area contributed by atoms with Gasteiger partial charge in [0.2, 0.25) is 0 Å². The van der Waals surface area contributed by atoms with Crippen LogP contribution >= 0.6 is 0 Å². The van der Waals surface area contributed by atoms with E-state index < -0.39 is 22.9 Å². The molecule has 0 radical (unpaired) electrons. The van der Waals surface area contributed by atoms with E-state index in [1.54, 1.807) is 30.3 Å². The average Bonchev–Trinajstić information content (AvgIpc) is 2.76. The SMILES string of the molecule is O=C([O-])[C@@H]1c2ccccc2C(=O)N(Cc2ccccc2)[C@@H]1c1cccc([N+](=O)[O-])c1. The molecule has 0 saturated heterocycles. The van der Waals surface area contributed by atoms with Crippen molar-refractivity contribution in [3.05, 3.63) is 111 Å². The number of aliphatic carboxylic acids is 1. The van der Waals surface area contributed by atoms with E-state index in [0.29, 0.717) is 16.7 Å². The third-order valence-electron chi connectivity index (χ3n) is 5.31. The molecule has 0 aromatic heterocycles. The number of nitro benzene ring substituents is 1. The number of carboxylic acid groups (broad SMARTS) is 1. The van der Waals surface area contributed by atoms with Crippen molar-refractivity contribution in [1.82, 2.24) is 4.90 Å². The number of non-ortho nitro benzene ring substituents is 1. The number of hydrogen-bond donors (Lipinski definition) is 0. The highest BCUT2D eigenvalue weighted by Gasteiger charge is 2.41. The molecule has 0 fully saturated rings. The molecular formula is C23H17N2O5-. The normalized spacial score (nSPS) is 18.0. The van der Waals surface area contributed by atoms with Crippen LogP contribution in [0.25, 0.3) is 0 Å². The van der Waals surface area contributed by atoms with E-state index in [0.717, 1.165) is 5.56 Å². The first-order valence-corrected chi connectivity index (χ1v) is 9.36. The highest BCUT2D eigenvalue weighted by atomic mass is 16.6. The molecule has 1 amide bonds. The summed E-state index contributed by atoms with van der Waals surface area (Å²) < 4.78 is 0. The Balaban J connectivity index is 1.91. The van der Waals surface area contributed by atoms with E-state index in [-0.39, 0.29) is 18.1 Å². The lowest BCUT2D eigenvalue weighted by Crippen LogP contribution is -2.47. The van der Waals surface area contributed by atoms with Crippen molar-refractivity contribution in [2.24, 2.45) is 0 Å². The molecule has 0 bridgehead atoms. The summed E-state index contributed by atoms with van der Waals surface area (Å²) in [4.78, 5) is 37.8. The molecule has 150 valence electrons. The van der Waals surface area contributed by atoms with Crippen LogP contribution in [0, 0.1) is 10.1 Å². The highest BCUT2D eigenvalue weighted by Crippen LogP contribution is 2.43. The van der Waals surface area contributed by atoms with Gasteiger partial charge < -0.3 is 14.8 Å². The molecule has 2 atom stereocenters. The van der Waals surface area contributed by atoms with E-state index in [1.807, 2.05) is 30.3 Å². The van der Waals surface area contributed by atoms with Crippen molar-refractivity contribution in [1.29, 1.82) is 0 Å². The van der Waals surface area contributed by atoms with Gasteiger partial charge in [0.1, 0.15) is 0 Å². The Morgan fingerprint density at radius 3 is 2.37 bits per heavy atom. The fourth-order valence-electron chi connectivity index (χ4n) is 3.99. The summed E-state index contributed by atoms with van der Waals surface area (Å²) in [5, 5.41) is 23.5. The number of carbonyl (C=O) groups is 2. The molecule has 3 aromatic carbocycles. The summed E-state index contributed by atoms with van der Waals surface area (Å²) in [5.74, 6) is -2.84. The maximum Gasteiger partial charge on any atom is 0.269 e. The van der Waals surface area contributed by atoms with Gasteiger partial charge in [-0.1, -0.05) is 60.7 Å². The van der Waals surface area contributed by atoms with E-state index >= 15 is 0 Å². The zero-order valence-corrected chi connectivity index (χ0v) is 15.8. The summed E-state index contributed by atoms with van der Waals surface area (Å²) in [5.41, 5.74) is 1.66. The number of carbonyl (C=O) groups excluding carboxylic acids is 2. The Morgan fingerprint density at radius 2 is 1.67 bits per heavy atom. The Labute approximate surface area is 172 Å². The van der Waals surface area contributed by atoms with Gasteiger partial charge in [0.25, 0.3) is 11.6 Å². The number of nitrogens with zero attached hydrogens (tertiary/aromatic N) is 2. The minimum atomic E-state index is -1.34. The van der Waals surface area contributed by atoms with Gasteiger partial charge in [0.05, 0.1) is 16.9 Å². The smallest absolute Gasteiger partial charge is 0.269 e. The van der Waals surface area contributed by atoms with Crippen LogP contribution in [0.4, 0.5) is 5.69 Å². The number of carboxylic acids is 1. The second-order valence-corrected chi connectivity index (χ2v) is 7.10. The molecule has 0 N–H and O–H groups in total. The second-order valence-electron chi connectivity index (χ2n) is 7.10. The van der Waals surface area contributed by atoms with Crippen LogP contribution in [0.3, 0.4) is 0 Å². The minimum absolute atomic E-state index is 0.158. The lowest BCUT2D eigenvalue weighted by atomic mass is 9.79. The Kier molecular flexibility index (Phi) is 5.02. The van der Waals surface area contributed by atoms with Crippen LogP contribution in [0.5, 0.6) is 0 Å². The van der Waals surface area contributed by atoms with Crippen molar-refractivity contribution in [3.8, 4) is 0 Å². The standard InChI is InChI=1S/C23H18N2O5/c26-22-19-12-5-4-11-18(19)20(23(27)28)21(16-9-6-10-17(13-16)25(29)30)24(22)14-15-7-2-1-3-8-15/h1-13,20-21H,14H2,(H,27,28)/p-1/t20-,21-/m1/s1. The van der Waals surface area contributed by atoms with Crippen LogP contribution < -0.4 is 5.11 Å². The summed E-state index contributed by atoms with van der Waals surface area (Å²) in [7, 11) is 0. The lowest BCUT2D eigenvalue weighted by Gasteiger charge is -2.43. The molecule has 30 heavy (non-hydrogen) atoms. The van der Waals surface area contributed by atoms with Crippen molar-refractivity contribution in [3.63, 3.8) is 0 Å². The molecule has 0 saturated carbocycles. The molecule has 3 aromatic rings. The van der Waals surface area contributed by atoms with Crippen molar-refractivity contribution in [2.45, 2.75) is 18.5 Å². The van der Waals surface area contributed by atoms with E-state index in [1.165, 1.54) is 23.1 Å². The third-order valence-corrected chi connectivity index (χ3v) is 5.31.